The number of methoxy groups -OCH3 is 1. The van der Waals surface area contributed by atoms with Gasteiger partial charge in [-0.05, 0) is 83.1 Å². The van der Waals surface area contributed by atoms with Crippen molar-refractivity contribution < 1.29 is 40.3 Å². The number of rotatable bonds is 9. The Morgan fingerprint density at radius 2 is 1.50 bits per heavy atom. The van der Waals surface area contributed by atoms with E-state index in [1.807, 2.05) is 33.9 Å². The molecule has 0 aliphatic carbocycles. The maximum absolute atomic E-state index is 14.7. The van der Waals surface area contributed by atoms with Crippen LogP contribution in [-0.2, 0) is 24.0 Å². The van der Waals surface area contributed by atoms with E-state index >= 15 is 0 Å². The third-order valence-corrected chi connectivity index (χ3v) is 13.9. The predicted molar refractivity (Wildman–Crippen MR) is 169 cm³/mol. The van der Waals surface area contributed by atoms with Crippen molar-refractivity contribution in [1.29, 1.82) is 0 Å². The first-order chi connectivity index (χ1) is 19.9. The topological polar surface area (TPSA) is 87.1 Å². The smallest absolute Gasteiger partial charge is 0.497 e. The number of hydrogen-bond acceptors (Lipinski definition) is 6. The van der Waals surface area contributed by atoms with Crippen LogP contribution in [0, 0.1) is 6.92 Å². The van der Waals surface area contributed by atoms with E-state index < -0.39 is 52.6 Å². The molecule has 0 saturated heterocycles. The number of anilines is 1. The molecular formula is C31H43F3N2O6SSi. The summed E-state index contributed by atoms with van der Waals surface area (Å²) in [6.07, 6.45) is -1.33. The first-order valence-electron chi connectivity index (χ1n) is 14.2. The Morgan fingerprint density at radius 1 is 0.955 bits per heavy atom. The summed E-state index contributed by atoms with van der Waals surface area (Å²) in [4.78, 5) is 14.0. The molecule has 3 aromatic rings. The Balaban J connectivity index is 2.50. The van der Waals surface area contributed by atoms with Crippen LogP contribution >= 0.6 is 0 Å². The van der Waals surface area contributed by atoms with Crippen LogP contribution in [0.4, 0.5) is 19.0 Å². The fraction of sp³-hybridized carbons (Fsp3) is 0.516. The van der Waals surface area contributed by atoms with Crippen LogP contribution in [0.2, 0.25) is 18.1 Å². The number of esters is 1. The normalized spacial score (nSPS) is 14.8. The summed E-state index contributed by atoms with van der Waals surface area (Å²) >= 11 is 0. The second-order valence-corrected chi connectivity index (χ2v) is 19.9. The Bertz CT molecular complexity index is 1600. The maximum atomic E-state index is 14.7. The number of aryl methyl sites for hydroxylation is 1. The van der Waals surface area contributed by atoms with Gasteiger partial charge in [0, 0.05) is 16.6 Å². The molecule has 2 aromatic carbocycles. The predicted octanol–water partition coefficient (Wildman–Crippen LogP) is 7.72. The van der Waals surface area contributed by atoms with Gasteiger partial charge in [0.15, 0.2) is 14.4 Å². The number of ether oxygens (including phenoxy) is 2. The van der Waals surface area contributed by atoms with Crippen molar-refractivity contribution in [1.82, 2.24) is 4.57 Å². The molecule has 0 aliphatic heterocycles. The number of aromatic nitrogens is 1. The molecule has 0 unspecified atom stereocenters. The number of sulfonamides is 1. The van der Waals surface area contributed by atoms with E-state index in [4.69, 9.17) is 13.9 Å². The lowest BCUT2D eigenvalue weighted by Gasteiger charge is -2.43. The number of nitrogens with zero attached hydrogens (tertiary/aromatic N) is 2. The van der Waals surface area contributed by atoms with Crippen LogP contribution in [0.25, 0.3) is 16.6 Å². The number of carbonyl (C=O) groups is 1. The Morgan fingerprint density at radius 3 is 1.98 bits per heavy atom. The van der Waals surface area contributed by atoms with Gasteiger partial charge in [0.1, 0.15) is 17.2 Å². The van der Waals surface area contributed by atoms with Gasteiger partial charge in [0.2, 0.25) is 0 Å². The van der Waals surface area contributed by atoms with Gasteiger partial charge in [0.25, 0.3) is 0 Å². The van der Waals surface area contributed by atoms with E-state index in [9.17, 15) is 26.4 Å². The number of alkyl halides is 3. The molecule has 0 aliphatic rings. The van der Waals surface area contributed by atoms with E-state index in [0.29, 0.717) is 22.3 Å². The fourth-order valence-corrected chi connectivity index (χ4v) is 7.33. The third-order valence-electron chi connectivity index (χ3n) is 7.82. The number of para-hydroxylation sites is 1. The number of hydrogen-bond donors (Lipinski definition) is 0. The minimum absolute atomic E-state index is 0.165. The van der Waals surface area contributed by atoms with E-state index in [0.717, 1.165) is 0 Å². The van der Waals surface area contributed by atoms with Crippen molar-refractivity contribution in [2.45, 2.75) is 96.8 Å². The molecule has 0 N–H and O–H groups in total. The highest BCUT2D eigenvalue weighted by Crippen LogP contribution is 2.44. The van der Waals surface area contributed by atoms with Gasteiger partial charge in [-0.1, -0.05) is 39.0 Å². The van der Waals surface area contributed by atoms with Crippen LogP contribution in [0.5, 0.6) is 5.75 Å². The van der Waals surface area contributed by atoms with Crippen molar-refractivity contribution in [3.8, 4) is 11.4 Å². The summed E-state index contributed by atoms with van der Waals surface area (Å²) in [6.45, 7) is 17.2. The second kappa shape index (κ2) is 12.0. The Hall–Kier alpha value is -3.03. The summed E-state index contributed by atoms with van der Waals surface area (Å²) in [5.74, 6) is -1.02. The SMILES string of the molecule is COc1ccc(-n2c(N([C@H](C(=O)OC(C)(C)C)[C@@H](C)O[Si](C)(C)C(C)(C)C)S(=O)(=O)C(F)(F)F)c(C)c3ccccc32)cc1. The van der Waals surface area contributed by atoms with Gasteiger partial charge in [0.05, 0.1) is 18.7 Å². The molecule has 0 spiro atoms. The van der Waals surface area contributed by atoms with E-state index in [1.54, 1.807) is 69.3 Å². The molecule has 13 heteroatoms. The number of benzene rings is 2. The summed E-state index contributed by atoms with van der Waals surface area (Å²) in [5, 5.41) is 0.100. The van der Waals surface area contributed by atoms with Crippen molar-refractivity contribution >= 4 is 41.0 Å². The molecule has 0 radical (unpaired) electrons. The van der Waals surface area contributed by atoms with Crippen molar-refractivity contribution in [3.63, 3.8) is 0 Å². The molecule has 0 fully saturated rings. The standard InChI is InChI=1S/C31H43F3N2O6SSi/c1-20-24-14-12-13-15-25(24)35(22-16-18-23(40-9)19-17-22)27(20)36(43(38,39)31(32,33)34)26(28(37)41-29(3,4)5)21(2)42-44(10,11)30(6,7)8/h12-19,21,26H,1-11H3/t21-,26+/m1/s1. The van der Waals surface area contributed by atoms with Crippen LogP contribution in [0.1, 0.15) is 54.0 Å². The molecule has 44 heavy (non-hydrogen) atoms. The third kappa shape index (κ3) is 6.94. The highest BCUT2D eigenvalue weighted by atomic mass is 32.2. The summed E-state index contributed by atoms with van der Waals surface area (Å²) in [7, 11) is -7.50. The second-order valence-electron chi connectivity index (χ2n) is 13.3. The van der Waals surface area contributed by atoms with E-state index in [2.05, 4.69) is 0 Å². The van der Waals surface area contributed by atoms with Gasteiger partial charge in [-0.2, -0.15) is 21.6 Å². The lowest BCUT2D eigenvalue weighted by Crippen LogP contribution is -2.59. The molecule has 1 aromatic heterocycles. The summed E-state index contributed by atoms with van der Waals surface area (Å²) < 4.78 is 90.5. The van der Waals surface area contributed by atoms with E-state index in [-0.39, 0.29) is 15.7 Å². The number of carbonyl (C=O) groups excluding carboxylic acids is 1. The van der Waals surface area contributed by atoms with E-state index in [1.165, 1.54) is 25.5 Å². The minimum Gasteiger partial charge on any atom is -0.497 e. The van der Waals surface area contributed by atoms with Crippen LogP contribution < -0.4 is 9.04 Å². The van der Waals surface area contributed by atoms with Gasteiger partial charge >= 0.3 is 21.5 Å². The fourth-order valence-electron chi connectivity index (χ4n) is 4.70. The van der Waals surface area contributed by atoms with Gasteiger partial charge in [-0.3, -0.25) is 4.57 Å². The van der Waals surface area contributed by atoms with Gasteiger partial charge < -0.3 is 13.9 Å². The average Bonchev–Trinajstić information content (AvgIpc) is 3.16. The summed E-state index contributed by atoms with van der Waals surface area (Å²) in [6, 6.07) is 11.2. The molecule has 2 atom stereocenters. The number of halogens is 3. The zero-order chi connectivity index (χ0) is 33.6. The molecule has 1 heterocycles. The molecular weight excluding hydrogens is 613 g/mol. The lowest BCUT2D eigenvalue weighted by molar-refractivity contribution is -0.158. The largest absolute Gasteiger partial charge is 0.516 e. The molecule has 0 saturated carbocycles. The van der Waals surface area contributed by atoms with Crippen LogP contribution in [-0.4, -0.2) is 57.6 Å². The highest BCUT2D eigenvalue weighted by molar-refractivity contribution is 7.93. The zero-order valence-corrected chi connectivity index (χ0v) is 29.0. The van der Waals surface area contributed by atoms with Crippen molar-refractivity contribution in [2.75, 3.05) is 11.4 Å². The molecule has 8 nitrogen and oxygen atoms in total. The van der Waals surface area contributed by atoms with Crippen molar-refractivity contribution in [2.24, 2.45) is 0 Å². The molecule has 3 rings (SSSR count). The van der Waals surface area contributed by atoms with Gasteiger partial charge in [-0.25, -0.2) is 9.10 Å². The quantitative estimate of drug-likeness (QED) is 0.173. The lowest BCUT2D eigenvalue weighted by atomic mass is 10.1. The number of fused-ring (bicyclic) bond motifs is 1. The summed E-state index contributed by atoms with van der Waals surface area (Å²) in [5.41, 5.74) is -5.89. The average molecular weight is 657 g/mol. The molecule has 244 valence electrons. The molecule has 0 bridgehead atoms. The van der Waals surface area contributed by atoms with Crippen LogP contribution in [0.15, 0.2) is 48.5 Å². The zero-order valence-electron chi connectivity index (χ0n) is 27.2. The minimum atomic E-state index is -6.22. The van der Waals surface area contributed by atoms with Gasteiger partial charge in [-0.15, -0.1) is 0 Å². The maximum Gasteiger partial charge on any atom is 0.516 e. The first kappa shape index (κ1) is 35.4. The Labute approximate surface area is 259 Å². The monoisotopic (exact) mass is 656 g/mol. The van der Waals surface area contributed by atoms with Crippen LogP contribution in [0.3, 0.4) is 0 Å². The van der Waals surface area contributed by atoms with Crippen molar-refractivity contribution in [3.05, 3.63) is 54.1 Å². The molecule has 0 amide bonds. The first-order valence-corrected chi connectivity index (χ1v) is 18.6. The highest BCUT2D eigenvalue weighted by Gasteiger charge is 2.57. The Kier molecular flexibility index (Phi) is 9.71.